The van der Waals surface area contributed by atoms with E-state index >= 15 is 0 Å². The number of rotatable bonds is 6. The first-order chi connectivity index (χ1) is 13.4. The number of aryl methyl sites for hydroxylation is 1. The zero-order valence-electron chi connectivity index (χ0n) is 16.2. The summed E-state index contributed by atoms with van der Waals surface area (Å²) in [4.78, 5) is 27.4. The van der Waals surface area contributed by atoms with Crippen LogP contribution in [0.3, 0.4) is 0 Å². The smallest absolute Gasteiger partial charge is 0.254 e. The Hall–Kier alpha value is -2.18. The molecule has 0 saturated carbocycles. The van der Waals surface area contributed by atoms with Crippen molar-refractivity contribution in [2.45, 2.75) is 32.8 Å². The van der Waals surface area contributed by atoms with Crippen molar-refractivity contribution < 1.29 is 14.3 Å². The number of ether oxygens (including phenoxy) is 1. The summed E-state index contributed by atoms with van der Waals surface area (Å²) in [7, 11) is 0. The number of halogens is 1. The van der Waals surface area contributed by atoms with Crippen LogP contribution in [0.1, 0.15) is 34.3 Å². The highest BCUT2D eigenvalue weighted by Gasteiger charge is 2.25. The summed E-state index contributed by atoms with van der Waals surface area (Å²) in [6.45, 7) is 5.08. The number of nitrogens with zero attached hydrogens (tertiary/aromatic N) is 1. The highest BCUT2D eigenvalue weighted by atomic mass is 79.9. The van der Waals surface area contributed by atoms with E-state index in [1.807, 2.05) is 44.2 Å². The average molecular weight is 445 g/mol. The summed E-state index contributed by atoms with van der Waals surface area (Å²) in [5.41, 5.74) is 3.46. The normalized spacial score (nSPS) is 16.0. The van der Waals surface area contributed by atoms with Crippen molar-refractivity contribution in [3.8, 4) is 0 Å². The van der Waals surface area contributed by atoms with Crippen LogP contribution in [0, 0.1) is 13.8 Å². The third-order valence-corrected chi connectivity index (χ3v) is 5.51. The molecule has 0 aliphatic carbocycles. The number of amides is 2. The second-order valence-electron chi connectivity index (χ2n) is 7.13. The van der Waals surface area contributed by atoms with Gasteiger partial charge in [-0.2, -0.15) is 0 Å². The summed E-state index contributed by atoms with van der Waals surface area (Å²) in [6.07, 6.45) is 1.86. The molecule has 0 aromatic heterocycles. The quantitative estimate of drug-likeness (QED) is 0.721. The van der Waals surface area contributed by atoms with Crippen molar-refractivity contribution in [1.82, 2.24) is 4.90 Å². The molecule has 1 N–H and O–H groups in total. The van der Waals surface area contributed by atoms with Crippen LogP contribution < -0.4 is 5.32 Å². The maximum Gasteiger partial charge on any atom is 0.254 e. The Bertz CT molecular complexity index is 863. The van der Waals surface area contributed by atoms with Gasteiger partial charge in [-0.1, -0.05) is 34.1 Å². The van der Waals surface area contributed by atoms with E-state index in [0.717, 1.165) is 34.1 Å². The van der Waals surface area contributed by atoms with Gasteiger partial charge >= 0.3 is 0 Å². The molecule has 0 spiro atoms. The molecule has 0 unspecified atom stereocenters. The van der Waals surface area contributed by atoms with Gasteiger partial charge < -0.3 is 15.0 Å². The van der Waals surface area contributed by atoms with Crippen LogP contribution in [0.4, 0.5) is 5.69 Å². The molecule has 5 nitrogen and oxygen atoms in total. The van der Waals surface area contributed by atoms with Crippen LogP contribution in [-0.4, -0.2) is 42.5 Å². The minimum absolute atomic E-state index is 0.0153. The lowest BCUT2D eigenvalue weighted by molar-refractivity contribution is -0.117. The molecule has 1 aliphatic heterocycles. The van der Waals surface area contributed by atoms with E-state index in [2.05, 4.69) is 21.2 Å². The number of carbonyl (C=O) groups is 2. The van der Waals surface area contributed by atoms with Gasteiger partial charge in [0.15, 0.2) is 0 Å². The third-order valence-electron chi connectivity index (χ3n) is 5.02. The maximum absolute atomic E-state index is 13.1. The van der Waals surface area contributed by atoms with Gasteiger partial charge in [0.2, 0.25) is 5.91 Å². The molecule has 1 atom stereocenters. The lowest BCUT2D eigenvalue weighted by Crippen LogP contribution is -2.42. The number of hydrogen-bond acceptors (Lipinski definition) is 3. The first-order valence-electron chi connectivity index (χ1n) is 9.46. The minimum Gasteiger partial charge on any atom is -0.376 e. The number of benzene rings is 2. The molecule has 3 rings (SSSR count). The fourth-order valence-electron chi connectivity index (χ4n) is 3.31. The average Bonchev–Trinajstić information content (AvgIpc) is 3.17. The van der Waals surface area contributed by atoms with Gasteiger partial charge in [-0.25, -0.2) is 0 Å². The van der Waals surface area contributed by atoms with Crippen LogP contribution in [0.2, 0.25) is 0 Å². The zero-order chi connectivity index (χ0) is 20.1. The maximum atomic E-state index is 13.1. The summed E-state index contributed by atoms with van der Waals surface area (Å²) in [6, 6.07) is 13.0. The fraction of sp³-hybridized carbons (Fsp3) is 0.364. The molecule has 0 bridgehead atoms. The van der Waals surface area contributed by atoms with E-state index in [0.29, 0.717) is 18.7 Å². The third kappa shape index (κ3) is 5.20. The number of nitrogens with one attached hydrogen (secondary N) is 1. The second kappa shape index (κ2) is 9.34. The molecule has 6 heteroatoms. The summed E-state index contributed by atoms with van der Waals surface area (Å²) in [5.74, 6) is -0.386. The molecule has 1 fully saturated rings. The summed E-state index contributed by atoms with van der Waals surface area (Å²) in [5, 5.41) is 2.94. The van der Waals surface area contributed by atoms with Crippen LogP contribution >= 0.6 is 15.9 Å². The highest BCUT2D eigenvalue weighted by molar-refractivity contribution is 9.10. The van der Waals surface area contributed by atoms with Crippen molar-refractivity contribution in [3.63, 3.8) is 0 Å². The molecule has 148 valence electrons. The first kappa shape index (κ1) is 20.6. The first-order valence-corrected chi connectivity index (χ1v) is 10.3. The van der Waals surface area contributed by atoms with Crippen LogP contribution in [-0.2, 0) is 9.53 Å². The monoisotopic (exact) mass is 444 g/mol. The Morgan fingerprint density at radius 2 is 2.00 bits per heavy atom. The fourth-order valence-corrected chi connectivity index (χ4v) is 3.71. The Morgan fingerprint density at radius 1 is 1.21 bits per heavy atom. The van der Waals surface area contributed by atoms with Crippen LogP contribution in [0.25, 0.3) is 0 Å². The predicted molar refractivity (Wildman–Crippen MR) is 114 cm³/mol. The number of hydrogen-bond donors (Lipinski definition) is 1. The van der Waals surface area contributed by atoms with Crippen molar-refractivity contribution in [2.24, 2.45) is 0 Å². The standard InChI is InChI=1S/C22H25BrN2O3/c1-15-6-3-10-20(16(15)2)24-21(26)14-25(13-19-9-5-11-28-19)22(27)17-7-4-8-18(23)12-17/h3-4,6-8,10,12,19H,5,9,11,13-14H2,1-2H3,(H,24,26)/t19-/m0/s1. The van der Waals surface area contributed by atoms with Gasteiger partial charge in [-0.3, -0.25) is 9.59 Å². The summed E-state index contributed by atoms with van der Waals surface area (Å²) >= 11 is 3.40. The molecule has 0 radical (unpaired) electrons. The molecule has 2 aromatic carbocycles. The number of carbonyl (C=O) groups excluding carboxylic acids is 2. The van der Waals surface area contributed by atoms with Crippen LogP contribution in [0.15, 0.2) is 46.9 Å². The van der Waals surface area contributed by atoms with E-state index in [1.54, 1.807) is 17.0 Å². The molecule has 2 amide bonds. The lowest BCUT2D eigenvalue weighted by Gasteiger charge is -2.25. The molecular weight excluding hydrogens is 420 g/mol. The number of anilines is 1. The van der Waals surface area contributed by atoms with Gasteiger partial charge in [0.25, 0.3) is 5.91 Å². The van der Waals surface area contributed by atoms with E-state index in [9.17, 15) is 9.59 Å². The Labute approximate surface area is 174 Å². The minimum atomic E-state index is -0.213. The largest absolute Gasteiger partial charge is 0.376 e. The Morgan fingerprint density at radius 3 is 2.71 bits per heavy atom. The van der Waals surface area contributed by atoms with Gasteiger partial charge in [0, 0.05) is 28.9 Å². The molecule has 2 aromatic rings. The lowest BCUT2D eigenvalue weighted by atomic mass is 10.1. The molecular formula is C22H25BrN2O3. The zero-order valence-corrected chi connectivity index (χ0v) is 17.8. The SMILES string of the molecule is Cc1cccc(NC(=O)CN(C[C@@H]2CCCO2)C(=O)c2cccc(Br)c2)c1C. The van der Waals surface area contributed by atoms with Gasteiger partial charge in [-0.15, -0.1) is 0 Å². The molecule has 1 aliphatic rings. The van der Waals surface area contributed by atoms with E-state index in [-0.39, 0.29) is 24.5 Å². The van der Waals surface area contributed by atoms with Crippen molar-refractivity contribution >= 4 is 33.4 Å². The van der Waals surface area contributed by atoms with E-state index < -0.39 is 0 Å². The topological polar surface area (TPSA) is 58.6 Å². The van der Waals surface area contributed by atoms with Gasteiger partial charge in [-0.05, 0) is 62.1 Å². The molecule has 1 saturated heterocycles. The van der Waals surface area contributed by atoms with Crippen molar-refractivity contribution in [2.75, 3.05) is 25.0 Å². The van der Waals surface area contributed by atoms with Crippen LogP contribution in [0.5, 0.6) is 0 Å². The van der Waals surface area contributed by atoms with E-state index in [1.165, 1.54) is 0 Å². The highest BCUT2D eigenvalue weighted by Crippen LogP contribution is 2.20. The molecule has 28 heavy (non-hydrogen) atoms. The Kier molecular flexibility index (Phi) is 6.86. The predicted octanol–water partition coefficient (Wildman–Crippen LogP) is 4.33. The Balaban J connectivity index is 1.75. The summed E-state index contributed by atoms with van der Waals surface area (Å²) < 4.78 is 6.52. The van der Waals surface area contributed by atoms with Crippen molar-refractivity contribution in [1.29, 1.82) is 0 Å². The van der Waals surface area contributed by atoms with E-state index in [4.69, 9.17) is 4.74 Å². The van der Waals surface area contributed by atoms with Gasteiger partial charge in [0.1, 0.15) is 6.54 Å². The molecule has 1 heterocycles. The van der Waals surface area contributed by atoms with Crippen molar-refractivity contribution in [3.05, 3.63) is 63.6 Å². The van der Waals surface area contributed by atoms with Gasteiger partial charge in [0.05, 0.1) is 6.10 Å². The second-order valence-corrected chi connectivity index (χ2v) is 8.04.